The Morgan fingerprint density at radius 2 is 0.762 bits per heavy atom. The minimum Gasteiger partial charge on any atom is -0.366 e. The lowest BCUT2D eigenvalue weighted by Crippen LogP contribution is -2.27. The molecule has 0 saturated heterocycles. The highest BCUT2D eigenvalue weighted by Crippen LogP contribution is 2.20. The highest BCUT2D eigenvalue weighted by molar-refractivity contribution is 4.65. The summed E-state index contributed by atoms with van der Waals surface area (Å²) < 4.78 is 0. The fourth-order valence-corrected chi connectivity index (χ4v) is 2.86. The van der Waals surface area contributed by atoms with Gasteiger partial charge in [0.25, 0.3) is 0 Å². The van der Waals surface area contributed by atoms with E-state index in [-0.39, 0.29) is 0 Å². The third-order valence-electron chi connectivity index (χ3n) is 4.36. The number of unbranched alkanes of at least 4 members (excludes halogenated alkanes) is 12. The van der Waals surface area contributed by atoms with E-state index in [1.807, 2.05) is 0 Å². The molecule has 0 radical (unpaired) electrons. The predicted molar refractivity (Wildman–Crippen MR) is 92.4 cm³/mol. The van der Waals surface area contributed by atoms with Crippen LogP contribution in [0.4, 0.5) is 0 Å². The lowest BCUT2D eigenvalue weighted by molar-refractivity contribution is -0.172. The van der Waals surface area contributed by atoms with E-state index < -0.39 is 5.79 Å². The minimum atomic E-state index is -1.41. The molecule has 0 aromatic heterocycles. The van der Waals surface area contributed by atoms with Crippen LogP contribution in [0.2, 0.25) is 0 Å². The molecule has 0 bridgehead atoms. The maximum atomic E-state index is 9.95. The molecule has 0 rings (SSSR count). The average Bonchev–Trinajstić information content (AvgIpc) is 2.45. The monoisotopic (exact) mass is 300 g/mol. The zero-order valence-electron chi connectivity index (χ0n) is 14.7. The van der Waals surface area contributed by atoms with Crippen molar-refractivity contribution in [1.29, 1.82) is 0 Å². The standard InChI is InChI=1S/C19H40O2/c1-3-5-7-9-11-13-15-17-19(20,21)18-16-14-12-10-8-6-4-2/h20-21H,3-18H2,1-2H3. The van der Waals surface area contributed by atoms with Gasteiger partial charge in [-0.2, -0.15) is 0 Å². The van der Waals surface area contributed by atoms with Crippen LogP contribution in [-0.2, 0) is 0 Å². The molecule has 0 atom stereocenters. The Bertz CT molecular complexity index is 182. The van der Waals surface area contributed by atoms with Crippen LogP contribution in [0, 0.1) is 0 Å². The fourth-order valence-electron chi connectivity index (χ4n) is 2.86. The summed E-state index contributed by atoms with van der Waals surface area (Å²) in [6.45, 7) is 4.46. The van der Waals surface area contributed by atoms with E-state index in [4.69, 9.17) is 0 Å². The Balaban J connectivity index is 3.35. The highest BCUT2D eigenvalue weighted by atomic mass is 16.5. The summed E-state index contributed by atoms with van der Waals surface area (Å²) in [4.78, 5) is 0. The zero-order chi connectivity index (χ0) is 15.8. The van der Waals surface area contributed by atoms with E-state index in [0.29, 0.717) is 12.8 Å². The molecule has 0 saturated carbocycles. The molecule has 0 heterocycles. The van der Waals surface area contributed by atoms with Gasteiger partial charge in [0.2, 0.25) is 0 Å². The van der Waals surface area contributed by atoms with Crippen LogP contribution >= 0.6 is 0 Å². The summed E-state index contributed by atoms with van der Waals surface area (Å²) in [5.74, 6) is -1.41. The molecule has 2 heteroatoms. The SMILES string of the molecule is CCCCCCCCCC(O)(O)CCCCCCCCC. The summed E-state index contributed by atoms with van der Waals surface area (Å²) in [5.41, 5.74) is 0. The van der Waals surface area contributed by atoms with E-state index >= 15 is 0 Å². The number of aliphatic hydroxyl groups is 2. The molecule has 21 heavy (non-hydrogen) atoms. The first-order valence-electron chi connectivity index (χ1n) is 9.57. The van der Waals surface area contributed by atoms with Crippen molar-refractivity contribution < 1.29 is 10.2 Å². The lowest BCUT2D eigenvalue weighted by Gasteiger charge is -2.21. The normalized spacial score (nSPS) is 12.0. The van der Waals surface area contributed by atoms with Crippen molar-refractivity contribution in [3.05, 3.63) is 0 Å². The second-order valence-corrected chi connectivity index (χ2v) is 6.73. The molecule has 128 valence electrons. The Morgan fingerprint density at radius 1 is 0.476 bits per heavy atom. The summed E-state index contributed by atoms with van der Waals surface area (Å²) in [6, 6.07) is 0. The Hall–Kier alpha value is -0.0800. The maximum absolute atomic E-state index is 9.95. The highest BCUT2D eigenvalue weighted by Gasteiger charge is 2.21. The number of rotatable bonds is 16. The van der Waals surface area contributed by atoms with Gasteiger partial charge in [-0.05, 0) is 12.8 Å². The molecular formula is C19H40O2. The summed E-state index contributed by atoms with van der Waals surface area (Å²) in [5, 5.41) is 19.9. The van der Waals surface area contributed by atoms with Gasteiger partial charge in [-0.25, -0.2) is 0 Å². The quantitative estimate of drug-likeness (QED) is 0.273. The van der Waals surface area contributed by atoms with Gasteiger partial charge in [0.1, 0.15) is 0 Å². The first kappa shape index (κ1) is 20.9. The summed E-state index contributed by atoms with van der Waals surface area (Å²) >= 11 is 0. The van der Waals surface area contributed by atoms with Crippen LogP contribution in [0.3, 0.4) is 0 Å². The van der Waals surface area contributed by atoms with Crippen LogP contribution in [0.25, 0.3) is 0 Å². The van der Waals surface area contributed by atoms with Crippen molar-refractivity contribution in [3.8, 4) is 0 Å². The third kappa shape index (κ3) is 16.1. The molecule has 0 aromatic rings. The van der Waals surface area contributed by atoms with Crippen molar-refractivity contribution in [1.82, 2.24) is 0 Å². The van der Waals surface area contributed by atoms with Gasteiger partial charge in [0.05, 0.1) is 0 Å². The maximum Gasteiger partial charge on any atom is 0.162 e. The molecule has 2 N–H and O–H groups in total. The van der Waals surface area contributed by atoms with Crippen LogP contribution < -0.4 is 0 Å². The van der Waals surface area contributed by atoms with Crippen molar-refractivity contribution in [2.24, 2.45) is 0 Å². The van der Waals surface area contributed by atoms with E-state index in [2.05, 4.69) is 13.8 Å². The molecular weight excluding hydrogens is 260 g/mol. The smallest absolute Gasteiger partial charge is 0.162 e. The first-order valence-corrected chi connectivity index (χ1v) is 9.57. The predicted octanol–water partition coefficient (Wildman–Crippen LogP) is 5.95. The van der Waals surface area contributed by atoms with Crippen LogP contribution in [0.5, 0.6) is 0 Å². The van der Waals surface area contributed by atoms with Gasteiger partial charge in [0, 0.05) is 12.8 Å². The van der Waals surface area contributed by atoms with E-state index in [1.165, 1.54) is 64.2 Å². The average molecular weight is 301 g/mol. The van der Waals surface area contributed by atoms with E-state index in [9.17, 15) is 10.2 Å². The van der Waals surface area contributed by atoms with Gasteiger partial charge in [0.15, 0.2) is 5.79 Å². The van der Waals surface area contributed by atoms with Gasteiger partial charge in [-0.1, -0.05) is 90.9 Å². The van der Waals surface area contributed by atoms with Crippen LogP contribution in [0.15, 0.2) is 0 Å². The largest absolute Gasteiger partial charge is 0.366 e. The second kappa shape index (κ2) is 14.8. The zero-order valence-corrected chi connectivity index (χ0v) is 14.7. The van der Waals surface area contributed by atoms with E-state index in [1.54, 1.807) is 0 Å². The number of hydrogen-bond acceptors (Lipinski definition) is 2. The van der Waals surface area contributed by atoms with E-state index in [0.717, 1.165) is 25.7 Å². The molecule has 0 aliphatic carbocycles. The summed E-state index contributed by atoms with van der Waals surface area (Å²) in [7, 11) is 0. The Kier molecular flexibility index (Phi) is 14.8. The topological polar surface area (TPSA) is 40.5 Å². The Morgan fingerprint density at radius 3 is 1.10 bits per heavy atom. The van der Waals surface area contributed by atoms with Gasteiger partial charge in [-0.15, -0.1) is 0 Å². The molecule has 0 spiro atoms. The van der Waals surface area contributed by atoms with Crippen molar-refractivity contribution in [2.75, 3.05) is 0 Å². The fraction of sp³-hybridized carbons (Fsp3) is 1.00. The molecule has 0 aliphatic rings. The lowest BCUT2D eigenvalue weighted by atomic mass is 9.99. The molecule has 0 amide bonds. The molecule has 0 unspecified atom stereocenters. The molecule has 0 aliphatic heterocycles. The number of hydrogen-bond donors (Lipinski definition) is 2. The second-order valence-electron chi connectivity index (χ2n) is 6.73. The Labute approximate surface area is 133 Å². The first-order chi connectivity index (χ1) is 10.1. The van der Waals surface area contributed by atoms with Crippen LogP contribution in [0.1, 0.15) is 117 Å². The van der Waals surface area contributed by atoms with Gasteiger partial charge >= 0.3 is 0 Å². The van der Waals surface area contributed by atoms with Crippen LogP contribution in [-0.4, -0.2) is 16.0 Å². The minimum absolute atomic E-state index is 0.552. The molecule has 0 fully saturated rings. The van der Waals surface area contributed by atoms with Crippen molar-refractivity contribution >= 4 is 0 Å². The van der Waals surface area contributed by atoms with Crippen molar-refractivity contribution in [3.63, 3.8) is 0 Å². The molecule has 0 aromatic carbocycles. The summed E-state index contributed by atoms with van der Waals surface area (Å²) in [6.07, 6.45) is 18.3. The molecule has 2 nitrogen and oxygen atoms in total. The third-order valence-corrected chi connectivity index (χ3v) is 4.36. The van der Waals surface area contributed by atoms with Crippen molar-refractivity contribution in [2.45, 2.75) is 122 Å². The van der Waals surface area contributed by atoms with Gasteiger partial charge < -0.3 is 10.2 Å². The van der Waals surface area contributed by atoms with Gasteiger partial charge in [-0.3, -0.25) is 0 Å².